The van der Waals surface area contributed by atoms with E-state index in [2.05, 4.69) is 10.1 Å². The summed E-state index contributed by atoms with van der Waals surface area (Å²) >= 11 is 6.19. The molecule has 0 unspecified atom stereocenters. The summed E-state index contributed by atoms with van der Waals surface area (Å²) in [7, 11) is 1.65. The zero-order valence-electron chi connectivity index (χ0n) is 14.5. The maximum absolute atomic E-state index is 6.19. The Morgan fingerprint density at radius 2 is 1.88 bits per heavy atom. The number of rotatable bonds is 4. The summed E-state index contributed by atoms with van der Waals surface area (Å²) in [5.74, 6) is 0.684. The smallest absolute Gasteiger partial charge is 0.159 e. The molecule has 4 rings (SSSR count). The molecule has 0 spiro atoms. The molecule has 5 nitrogen and oxygen atoms in total. The average molecular weight is 365 g/mol. The molecule has 0 aliphatic rings. The molecule has 0 bridgehead atoms. The molecule has 0 aliphatic heterocycles. The van der Waals surface area contributed by atoms with Gasteiger partial charge in [0.05, 0.1) is 23.7 Å². The summed E-state index contributed by atoms with van der Waals surface area (Å²) < 4.78 is 7.68. The molecule has 0 radical (unpaired) electrons. The van der Waals surface area contributed by atoms with Crippen LogP contribution in [0.5, 0.6) is 5.75 Å². The number of pyridine rings is 2. The first-order valence-electron chi connectivity index (χ1n) is 8.32. The maximum Gasteiger partial charge on any atom is 0.159 e. The number of hydrogen-bond donors (Lipinski definition) is 0. The van der Waals surface area contributed by atoms with Crippen molar-refractivity contribution in [2.45, 2.75) is 13.5 Å². The van der Waals surface area contributed by atoms with Gasteiger partial charge in [0, 0.05) is 35.6 Å². The largest absolute Gasteiger partial charge is 0.494 e. The van der Waals surface area contributed by atoms with E-state index in [-0.39, 0.29) is 0 Å². The Hall–Kier alpha value is -2.92. The SMILES string of the molecule is CCn1ncc2c(-c3cncc(Cl)c3)c(OC)c(-c3ccccc3)nc21. The van der Waals surface area contributed by atoms with Gasteiger partial charge in [0.1, 0.15) is 5.69 Å². The van der Waals surface area contributed by atoms with E-state index in [0.717, 1.165) is 40.0 Å². The molecule has 0 atom stereocenters. The van der Waals surface area contributed by atoms with Crippen molar-refractivity contribution < 1.29 is 4.74 Å². The number of ether oxygens (including phenoxy) is 1. The lowest BCUT2D eigenvalue weighted by Gasteiger charge is -2.15. The fraction of sp³-hybridized carbons (Fsp3) is 0.150. The Kier molecular flexibility index (Phi) is 4.31. The second-order valence-electron chi connectivity index (χ2n) is 5.82. The summed E-state index contributed by atoms with van der Waals surface area (Å²) in [6.07, 6.45) is 5.21. The zero-order chi connectivity index (χ0) is 18.1. The summed E-state index contributed by atoms with van der Waals surface area (Å²) in [4.78, 5) is 9.11. The van der Waals surface area contributed by atoms with Crippen molar-refractivity contribution in [1.29, 1.82) is 0 Å². The van der Waals surface area contributed by atoms with Crippen molar-refractivity contribution in [3.8, 4) is 28.1 Å². The van der Waals surface area contributed by atoms with E-state index in [1.807, 2.05) is 54.2 Å². The predicted octanol–water partition coefficient (Wildman–Crippen LogP) is 4.84. The quantitative estimate of drug-likeness (QED) is 0.519. The van der Waals surface area contributed by atoms with Crippen molar-refractivity contribution >= 4 is 22.6 Å². The van der Waals surface area contributed by atoms with Gasteiger partial charge in [0.15, 0.2) is 11.4 Å². The highest BCUT2D eigenvalue weighted by Gasteiger charge is 2.21. The molecular weight excluding hydrogens is 348 g/mol. The molecule has 130 valence electrons. The van der Waals surface area contributed by atoms with Gasteiger partial charge in [0.25, 0.3) is 0 Å². The second kappa shape index (κ2) is 6.77. The molecule has 1 aromatic carbocycles. The number of halogens is 1. The van der Waals surface area contributed by atoms with E-state index in [9.17, 15) is 0 Å². The minimum absolute atomic E-state index is 0.568. The van der Waals surface area contributed by atoms with Crippen molar-refractivity contribution in [3.63, 3.8) is 0 Å². The highest BCUT2D eigenvalue weighted by molar-refractivity contribution is 6.30. The third-order valence-corrected chi connectivity index (χ3v) is 4.49. The van der Waals surface area contributed by atoms with Gasteiger partial charge in [-0.2, -0.15) is 5.10 Å². The Bertz CT molecular complexity index is 1080. The lowest BCUT2D eigenvalue weighted by atomic mass is 10.00. The molecule has 26 heavy (non-hydrogen) atoms. The number of hydrogen-bond acceptors (Lipinski definition) is 4. The van der Waals surface area contributed by atoms with Gasteiger partial charge < -0.3 is 4.74 Å². The molecule has 0 saturated carbocycles. The van der Waals surface area contributed by atoms with Crippen LogP contribution in [0.2, 0.25) is 5.02 Å². The fourth-order valence-corrected chi connectivity index (χ4v) is 3.30. The number of methoxy groups -OCH3 is 1. The number of aromatic nitrogens is 4. The third kappa shape index (κ3) is 2.70. The van der Waals surface area contributed by atoms with Crippen molar-refractivity contribution in [2.75, 3.05) is 7.11 Å². The molecule has 0 amide bonds. The maximum atomic E-state index is 6.19. The van der Waals surface area contributed by atoms with Crippen LogP contribution in [0.3, 0.4) is 0 Å². The second-order valence-corrected chi connectivity index (χ2v) is 6.26. The summed E-state index contributed by atoms with van der Waals surface area (Å²) in [6, 6.07) is 11.9. The average Bonchev–Trinajstić information content (AvgIpc) is 3.09. The topological polar surface area (TPSA) is 52.8 Å². The Morgan fingerprint density at radius 1 is 1.08 bits per heavy atom. The fourth-order valence-electron chi connectivity index (χ4n) is 3.13. The molecular formula is C20H17ClN4O. The van der Waals surface area contributed by atoms with E-state index in [1.54, 1.807) is 19.5 Å². The molecule has 0 fully saturated rings. The van der Waals surface area contributed by atoms with E-state index in [0.29, 0.717) is 10.8 Å². The summed E-state index contributed by atoms with van der Waals surface area (Å²) in [5.41, 5.74) is 4.32. The predicted molar refractivity (Wildman–Crippen MR) is 103 cm³/mol. The summed E-state index contributed by atoms with van der Waals surface area (Å²) in [5, 5.41) is 5.96. The minimum Gasteiger partial charge on any atom is -0.494 e. The molecule has 6 heteroatoms. The lowest BCUT2D eigenvalue weighted by Crippen LogP contribution is -2.01. The van der Waals surface area contributed by atoms with Crippen LogP contribution in [-0.2, 0) is 6.54 Å². The first kappa shape index (κ1) is 16.5. The Balaban J connectivity index is 2.13. The normalized spacial score (nSPS) is 11.0. The van der Waals surface area contributed by atoms with Gasteiger partial charge in [-0.1, -0.05) is 41.9 Å². The van der Waals surface area contributed by atoms with Crippen LogP contribution in [0.4, 0.5) is 0 Å². The van der Waals surface area contributed by atoms with E-state index in [4.69, 9.17) is 21.3 Å². The van der Waals surface area contributed by atoms with E-state index >= 15 is 0 Å². The van der Waals surface area contributed by atoms with Crippen molar-refractivity contribution in [3.05, 3.63) is 60.0 Å². The van der Waals surface area contributed by atoms with Gasteiger partial charge in [-0.3, -0.25) is 4.98 Å². The van der Waals surface area contributed by atoms with Crippen LogP contribution in [0.25, 0.3) is 33.4 Å². The molecule has 0 saturated heterocycles. The minimum atomic E-state index is 0.568. The number of benzene rings is 1. The van der Waals surface area contributed by atoms with Gasteiger partial charge >= 0.3 is 0 Å². The number of aryl methyl sites for hydroxylation is 1. The zero-order valence-corrected chi connectivity index (χ0v) is 15.2. The van der Waals surface area contributed by atoms with Gasteiger partial charge in [0.2, 0.25) is 0 Å². The highest BCUT2D eigenvalue weighted by atomic mass is 35.5. The van der Waals surface area contributed by atoms with Crippen molar-refractivity contribution in [1.82, 2.24) is 19.7 Å². The Labute approximate surface area is 156 Å². The molecule has 0 aliphatic carbocycles. The third-order valence-electron chi connectivity index (χ3n) is 4.29. The van der Waals surface area contributed by atoms with Gasteiger partial charge in [-0.25, -0.2) is 9.67 Å². The van der Waals surface area contributed by atoms with Crippen LogP contribution in [-0.4, -0.2) is 26.9 Å². The van der Waals surface area contributed by atoms with Crippen LogP contribution in [0, 0.1) is 0 Å². The van der Waals surface area contributed by atoms with Gasteiger partial charge in [-0.15, -0.1) is 0 Å². The number of fused-ring (bicyclic) bond motifs is 1. The van der Waals surface area contributed by atoms with Crippen LogP contribution in [0.15, 0.2) is 55.0 Å². The Morgan fingerprint density at radius 3 is 2.58 bits per heavy atom. The first-order chi connectivity index (χ1) is 12.7. The standard InChI is InChI=1S/C20H17ClN4O/c1-3-25-20-16(12-23-25)17(14-9-15(21)11-22-10-14)19(26-2)18(24-20)13-7-5-4-6-8-13/h4-12H,3H2,1-2H3. The van der Waals surface area contributed by atoms with Crippen LogP contribution < -0.4 is 4.74 Å². The summed E-state index contributed by atoms with van der Waals surface area (Å²) in [6.45, 7) is 2.77. The molecule has 0 N–H and O–H groups in total. The molecule has 3 aromatic heterocycles. The van der Waals surface area contributed by atoms with E-state index < -0.39 is 0 Å². The highest BCUT2D eigenvalue weighted by Crippen LogP contribution is 2.42. The van der Waals surface area contributed by atoms with E-state index in [1.165, 1.54) is 0 Å². The van der Waals surface area contributed by atoms with Crippen LogP contribution >= 0.6 is 11.6 Å². The first-order valence-corrected chi connectivity index (χ1v) is 8.70. The monoisotopic (exact) mass is 364 g/mol. The van der Waals surface area contributed by atoms with Gasteiger partial charge in [-0.05, 0) is 13.0 Å². The van der Waals surface area contributed by atoms with Crippen molar-refractivity contribution in [2.24, 2.45) is 0 Å². The lowest BCUT2D eigenvalue weighted by molar-refractivity contribution is 0.417. The van der Waals surface area contributed by atoms with Crippen LogP contribution in [0.1, 0.15) is 6.92 Å². The molecule has 4 aromatic rings. The number of nitrogens with zero attached hydrogens (tertiary/aromatic N) is 4. The molecule has 3 heterocycles.